The van der Waals surface area contributed by atoms with Gasteiger partial charge in [-0.25, -0.2) is 0 Å². The number of carbonyl (C=O) groups excluding carboxylic acids is 1. The van der Waals surface area contributed by atoms with Crippen LogP contribution in [0.4, 0.5) is 11.4 Å². The van der Waals surface area contributed by atoms with E-state index in [2.05, 4.69) is 11.4 Å². The van der Waals surface area contributed by atoms with Gasteiger partial charge in [0.15, 0.2) is 0 Å². The second kappa shape index (κ2) is 7.27. The molecule has 0 bridgehead atoms. The summed E-state index contributed by atoms with van der Waals surface area (Å²) in [5.74, 6) is 0.671. The fourth-order valence-corrected chi connectivity index (χ4v) is 1.85. The molecule has 0 unspecified atom stereocenters. The number of benzene rings is 1. The molecule has 0 spiro atoms. The number of nitrogens with zero attached hydrogens (tertiary/aromatic N) is 1. The second-order valence-corrected chi connectivity index (χ2v) is 4.97. The molecule has 18 heavy (non-hydrogen) atoms. The predicted molar refractivity (Wildman–Crippen MR) is 78.7 cm³/mol. The van der Waals surface area contributed by atoms with E-state index < -0.39 is 0 Å². The van der Waals surface area contributed by atoms with Gasteiger partial charge in [0.1, 0.15) is 0 Å². The largest absolute Gasteiger partial charge is 0.378 e. The van der Waals surface area contributed by atoms with Gasteiger partial charge in [0.25, 0.3) is 0 Å². The van der Waals surface area contributed by atoms with Crippen LogP contribution in [0.25, 0.3) is 0 Å². The molecule has 0 aliphatic heterocycles. The topological polar surface area (TPSA) is 32.3 Å². The van der Waals surface area contributed by atoms with Crippen LogP contribution in [-0.4, -0.2) is 25.9 Å². The third-order valence-corrected chi connectivity index (χ3v) is 3.06. The lowest BCUT2D eigenvalue weighted by Crippen LogP contribution is -2.13. The Morgan fingerprint density at radius 1 is 1.33 bits per heavy atom. The van der Waals surface area contributed by atoms with Crippen molar-refractivity contribution < 1.29 is 4.79 Å². The summed E-state index contributed by atoms with van der Waals surface area (Å²) in [6.45, 7) is 2.00. The number of rotatable bonds is 6. The third-order valence-electron chi connectivity index (χ3n) is 2.79. The van der Waals surface area contributed by atoms with Gasteiger partial charge in [-0.2, -0.15) is 0 Å². The Hall–Kier alpha value is -1.22. The lowest BCUT2D eigenvalue weighted by Gasteiger charge is -2.15. The Morgan fingerprint density at radius 3 is 2.61 bits per heavy atom. The van der Waals surface area contributed by atoms with Gasteiger partial charge in [-0.1, -0.05) is 0 Å². The number of carbonyl (C=O) groups is 1. The maximum Gasteiger partial charge on any atom is 0.224 e. The molecule has 3 nitrogen and oxygen atoms in total. The first kappa shape index (κ1) is 14.8. The quantitative estimate of drug-likeness (QED) is 0.633. The Morgan fingerprint density at radius 2 is 2.06 bits per heavy atom. The maximum atomic E-state index is 11.7. The first-order chi connectivity index (χ1) is 8.54. The minimum atomic E-state index is 0.0563. The van der Waals surface area contributed by atoms with Crippen molar-refractivity contribution in [1.82, 2.24) is 0 Å². The lowest BCUT2D eigenvalue weighted by atomic mass is 10.1. The fourth-order valence-electron chi connectivity index (χ4n) is 1.66. The molecule has 0 aliphatic carbocycles. The van der Waals surface area contributed by atoms with Crippen LogP contribution in [0.15, 0.2) is 18.2 Å². The second-order valence-electron chi connectivity index (χ2n) is 4.59. The SMILES string of the molecule is Cc1cc(N(C)C)ccc1NC(=O)CCCCCl. The molecule has 0 aromatic heterocycles. The fraction of sp³-hybridized carbons (Fsp3) is 0.500. The average Bonchev–Trinajstić information content (AvgIpc) is 2.32. The molecule has 1 N–H and O–H groups in total. The summed E-state index contributed by atoms with van der Waals surface area (Å²) in [5.41, 5.74) is 3.09. The van der Waals surface area contributed by atoms with E-state index in [0.29, 0.717) is 12.3 Å². The van der Waals surface area contributed by atoms with Crippen LogP contribution >= 0.6 is 11.6 Å². The minimum absolute atomic E-state index is 0.0563. The van der Waals surface area contributed by atoms with Crippen molar-refractivity contribution in [2.45, 2.75) is 26.2 Å². The van der Waals surface area contributed by atoms with Gasteiger partial charge < -0.3 is 10.2 Å². The maximum absolute atomic E-state index is 11.7. The molecule has 4 heteroatoms. The molecule has 100 valence electrons. The molecule has 1 aromatic rings. The molecule has 0 fully saturated rings. The Balaban J connectivity index is 2.59. The van der Waals surface area contributed by atoms with Crippen molar-refractivity contribution in [2.75, 3.05) is 30.2 Å². The minimum Gasteiger partial charge on any atom is -0.378 e. The van der Waals surface area contributed by atoms with Crippen molar-refractivity contribution in [3.8, 4) is 0 Å². The number of aryl methyl sites for hydroxylation is 1. The van der Waals surface area contributed by atoms with Crippen LogP contribution in [0.2, 0.25) is 0 Å². The summed E-state index contributed by atoms with van der Waals surface area (Å²) >= 11 is 5.58. The van der Waals surface area contributed by atoms with Gasteiger partial charge >= 0.3 is 0 Å². The van der Waals surface area contributed by atoms with Gasteiger partial charge in [-0.3, -0.25) is 4.79 Å². The van der Waals surface area contributed by atoms with Crippen LogP contribution in [0.1, 0.15) is 24.8 Å². The zero-order valence-corrected chi connectivity index (χ0v) is 12.0. The highest BCUT2D eigenvalue weighted by molar-refractivity contribution is 6.17. The van der Waals surface area contributed by atoms with E-state index in [0.717, 1.165) is 29.8 Å². The predicted octanol–water partition coefficient (Wildman–Crippen LogP) is 3.41. The number of unbranched alkanes of at least 4 members (excludes halogenated alkanes) is 1. The van der Waals surface area contributed by atoms with E-state index in [1.54, 1.807) is 0 Å². The molecule has 0 atom stereocenters. The number of alkyl halides is 1. The Bertz CT molecular complexity index is 405. The summed E-state index contributed by atoms with van der Waals surface area (Å²) in [6.07, 6.45) is 2.25. The highest BCUT2D eigenvalue weighted by Gasteiger charge is 2.05. The lowest BCUT2D eigenvalue weighted by molar-refractivity contribution is -0.116. The van der Waals surface area contributed by atoms with E-state index in [1.807, 2.05) is 38.1 Å². The zero-order valence-electron chi connectivity index (χ0n) is 11.3. The van der Waals surface area contributed by atoms with Crippen LogP contribution < -0.4 is 10.2 Å². The number of amides is 1. The summed E-state index contributed by atoms with van der Waals surface area (Å²) in [6, 6.07) is 6.01. The van der Waals surface area contributed by atoms with Crippen molar-refractivity contribution >= 4 is 28.9 Å². The molecule has 0 saturated carbocycles. The van der Waals surface area contributed by atoms with Gasteiger partial charge in [0, 0.05) is 37.8 Å². The Labute approximate surface area is 114 Å². The molecule has 0 radical (unpaired) electrons. The molecule has 0 aliphatic rings. The molecule has 1 aromatic carbocycles. The first-order valence-corrected chi connectivity index (χ1v) is 6.72. The van der Waals surface area contributed by atoms with Gasteiger partial charge in [0.05, 0.1) is 0 Å². The van der Waals surface area contributed by atoms with Gasteiger partial charge in [0.2, 0.25) is 5.91 Å². The van der Waals surface area contributed by atoms with Crippen molar-refractivity contribution in [2.24, 2.45) is 0 Å². The highest BCUT2D eigenvalue weighted by Crippen LogP contribution is 2.21. The van der Waals surface area contributed by atoms with Crippen LogP contribution in [0.3, 0.4) is 0 Å². The van der Waals surface area contributed by atoms with Crippen molar-refractivity contribution in [3.63, 3.8) is 0 Å². The van der Waals surface area contributed by atoms with Crippen molar-refractivity contribution in [1.29, 1.82) is 0 Å². The highest BCUT2D eigenvalue weighted by atomic mass is 35.5. The van der Waals surface area contributed by atoms with Crippen molar-refractivity contribution in [3.05, 3.63) is 23.8 Å². The van der Waals surface area contributed by atoms with E-state index in [4.69, 9.17) is 11.6 Å². The van der Waals surface area contributed by atoms with E-state index in [9.17, 15) is 4.79 Å². The molecule has 1 rings (SSSR count). The smallest absolute Gasteiger partial charge is 0.224 e. The normalized spacial score (nSPS) is 10.2. The number of hydrogen-bond acceptors (Lipinski definition) is 2. The summed E-state index contributed by atoms with van der Waals surface area (Å²) < 4.78 is 0. The van der Waals surface area contributed by atoms with Crippen LogP contribution in [-0.2, 0) is 4.79 Å². The molecule has 0 saturated heterocycles. The summed E-state index contributed by atoms with van der Waals surface area (Å²) in [7, 11) is 4.00. The number of nitrogens with one attached hydrogen (secondary N) is 1. The van der Waals surface area contributed by atoms with Gasteiger partial charge in [-0.15, -0.1) is 11.6 Å². The number of hydrogen-bond donors (Lipinski definition) is 1. The number of anilines is 2. The average molecular weight is 269 g/mol. The molecular formula is C14H21ClN2O. The van der Waals surface area contributed by atoms with Gasteiger partial charge in [-0.05, 0) is 43.5 Å². The third kappa shape index (κ3) is 4.57. The van der Waals surface area contributed by atoms with Crippen LogP contribution in [0.5, 0.6) is 0 Å². The summed E-state index contributed by atoms with van der Waals surface area (Å²) in [5, 5.41) is 2.93. The Kier molecular flexibility index (Phi) is 5.99. The van der Waals surface area contributed by atoms with E-state index in [1.165, 1.54) is 0 Å². The molecule has 0 heterocycles. The standard InChI is InChI=1S/C14H21ClN2O/c1-11-10-12(17(2)3)7-8-13(11)16-14(18)6-4-5-9-15/h7-8,10H,4-6,9H2,1-3H3,(H,16,18). The number of halogens is 1. The monoisotopic (exact) mass is 268 g/mol. The van der Waals surface area contributed by atoms with Crippen LogP contribution in [0, 0.1) is 6.92 Å². The van der Waals surface area contributed by atoms with E-state index >= 15 is 0 Å². The zero-order chi connectivity index (χ0) is 13.5. The first-order valence-electron chi connectivity index (χ1n) is 6.18. The van der Waals surface area contributed by atoms with E-state index in [-0.39, 0.29) is 5.91 Å². The molecular weight excluding hydrogens is 248 g/mol. The summed E-state index contributed by atoms with van der Waals surface area (Å²) in [4.78, 5) is 13.7. The molecule has 1 amide bonds.